The molecular formula is C14H12Cl2N2O2. The summed E-state index contributed by atoms with van der Waals surface area (Å²) in [6.07, 6.45) is 1.48. The molecule has 0 aliphatic rings. The minimum absolute atomic E-state index is 0.00716. The summed E-state index contributed by atoms with van der Waals surface area (Å²) in [5, 5.41) is 13.1. The van der Waals surface area contributed by atoms with Crippen molar-refractivity contribution in [2.75, 3.05) is 5.32 Å². The monoisotopic (exact) mass is 310 g/mol. The van der Waals surface area contributed by atoms with Gasteiger partial charge in [0.2, 0.25) is 0 Å². The second-order valence-electron chi connectivity index (χ2n) is 4.27. The van der Waals surface area contributed by atoms with Gasteiger partial charge >= 0.3 is 5.97 Å². The first kappa shape index (κ1) is 14.6. The second-order valence-corrected chi connectivity index (χ2v) is 5.11. The highest BCUT2D eigenvalue weighted by Crippen LogP contribution is 2.28. The van der Waals surface area contributed by atoms with Gasteiger partial charge < -0.3 is 10.4 Å². The lowest BCUT2D eigenvalue weighted by molar-refractivity contribution is 0.0690. The van der Waals surface area contributed by atoms with Crippen LogP contribution in [0.4, 0.5) is 5.69 Å². The predicted molar refractivity (Wildman–Crippen MR) is 79.7 cm³/mol. The number of nitrogens with zero attached hydrogens (tertiary/aromatic N) is 1. The number of nitrogens with one attached hydrogen (secondary N) is 1. The van der Waals surface area contributed by atoms with Crippen LogP contribution < -0.4 is 5.32 Å². The third kappa shape index (κ3) is 3.40. The minimum atomic E-state index is -1.05. The molecule has 0 fully saturated rings. The van der Waals surface area contributed by atoms with Gasteiger partial charge in [0.1, 0.15) is 5.69 Å². The van der Waals surface area contributed by atoms with E-state index in [1.54, 1.807) is 18.2 Å². The van der Waals surface area contributed by atoms with E-state index in [-0.39, 0.29) is 11.7 Å². The van der Waals surface area contributed by atoms with E-state index < -0.39 is 5.97 Å². The van der Waals surface area contributed by atoms with Crippen LogP contribution in [0.1, 0.15) is 29.0 Å². The molecule has 0 aliphatic carbocycles. The third-order valence-electron chi connectivity index (χ3n) is 2.79. The van der Waals surface area contributed by atoms with Gasteiger partial charge in [-0.15, -0.1) is 0 Å². The normalized spacial score (nSPS) is 11.9. The Kier molecular flexibility index (Phi) is 4.47. The molecule has 6 heteroatoms. The molecule has 1 atom stereocenters. The topological polar surface area (TPSA) is 62.2 Å². The van der Waals surface area contributed by atoms with Gasteiger partial charge in [-0.05, 0) is 36.8 Å². The molecular weight excluding hydrogens is 299 g/mol. The van der Waals surface area contributed by atoms with Crippen LogP contribution in [-0.4, -0.2) is 16.1 Å². The number of aromatic nitrogens is 1. The maximum absolute atomic E-state index is 10.7. The Morgan fingerprint density at radius 3 is 2.60 bits per heavy atom. The maximum Gasteiger partial charge on any atom is 0.354 e. The van der Waals surface area contributed by atoms with Crippen molar-refractivity contribution in [3.8, 4) is 0 Å². The van der Waals surface area contributed by atoms with E-state index in [9.17, 15) is 4.79 Å². The first-order valence-corrected chi connectivity index (χ1v) is 6.64. The van der Waals surface area contributed by atoms with Crippen LogP contribution in [0, 0.1) is 0 Å². The van der Waals surface area contributed by atoms with Gasteiger partial charge in [-0.3, -0.25) is 0 Å². The van der Waals surface area contributed by atoms with E-state index in [0.29, 0.717) is 15.7 Å². The molecule has 0 saturated heterocycles. The largest absolute Gasteiger partial charge is 0.477 e. The summed E-state index contributed by atoms with van der Waals surface area (Å²) >= 11 is 12.0. The van der Waals surface area contributed by atoms with Crippen molar-refractivity contribution in [3.63, 3.8) is 0 Å². The Morgan fingerprint density at radius 2 is 2.05 bits per heavy atom. The van der Waals surface area contributed by atoms with Crippen molar-refractivity contribution in [2.45, 2.75) is 13.0 Å². The number of benzene rings is 1. The molecule has 0 bridgehead atoms. The van der Waals surface area contributed by atoms with Crippen LogP contribution in [-0.2, 0) is 0 Å². The standard InChI is InChI=1S/C14H12Cl2N2O2/c1-8(11-4-2-9(15)6-12(11)16)18-10-3-5-13(14(19)20)17-7-10/h2-8,18H,1H3,(H,19,20). The van der Waals surface area contributed by atoms with E-state index in [0.717, 1.165) is 5.56 Å². The minimum Gasteiger partial charge on any atom is -0.477 e. The highest BCUT2D eigenvalue weighted by molar-refractivity contribution is 6.35. The lowest BCUT2D eigenvalue weighted by atomic mass is 10.1. The molecule has 0 spiro atoms. The average molecular weight is 311 g/mol. The highest BCUT2D eigenvalue weighted by atomic mass is 35.5. The van der Waals surface area contributed by atoms with Crippen LogP contribution in [0.25, 0.3) is 0 Å². The lowest BCUT2D eigenvalue weighted by Gasteiger charge is -2.17. The smallest absolute Gasteiger partial charge is 0.354 e. The van der Waals surface area contributed by atoms with Gasteiger partial charge in [-0.1, -0.05) is 29.3 Å². The molecule has 2 N–H and O–H groups in total. The molecule has 2 aromatic rings. The fraction of sp³-hybridized carbons (Fsp3) is 0.143. The molecule has 2 rings (SSSR count). The Morgan fingerprint density at radius 1 is 1.30 bits per heavy atom. The molecule has 0 saturated carbocycles. The Hall–Kier alpha value is -1.78. The summed E-state index contributed by atoms with van der Waals surface area (Å²) < 4.78 is 0. The molecule has 0 amide bonds. The number of hydrogen-bond donors (Lipinski definition) is 2. The van der Waals surface area contributed by atoms with Crippen LogP contribution in [0.2, 0.25) is 10.0 Å². The number of aromatic carboxylic acids is 1. The zero-order valence-electron chi connectivity index (χ0n) is 10.6. The molecule has 1 aromatic carbocycles. The summed E-state index contributed by atoms with van der Waals surface area (Å²) in [6, 6.07) is 8.35. The van der Waals surface area contributed by atoms with E-state index in [1.165, 1.54) is 12.3 Å². The molecule has 104 valence electrons. The number of rotatable bonds is 4. The molecule has 20 heavy (non-hydrogen) atoms. The number of carboxylic acid groups (broad SMARTS) is 1. The molecule has 0 aliphatic heterocycles. The number of anilines is 1. The van der Waals surface area contributed by atoms with Crippen LogP contribution in [0.15, 0.2) is 36.5 Å². The Balaban J connectivity index is 2.14. The molecule has 4 nitrogen and oxygen atoms in total. The van der Waals surface area contributed by atoms with Gasteiger partial charge in [-0.25, -0.2) is 9.78 Å². The summed E-state index contributed by atoms with van der Waals surface area (Å²) in [7, 11) is 0. The van der Waals surface area contributed by atoms with Gasteiger partial charge in [0.05, 0.1) is 17.9 Å². The fourth-order valence-electron chi connectivity index (χ4n) is 1.79. The van der Waals surface area contributed by atoms with Crippen molar-refractivity contribution in [3.05, 3.63) is 57.8 Å². The summed E-state index contributed by atoms with van der Waals surface area (Å²) in [4.78, 5) is 14.6. The number of carbonyl (C=O) groups is 1. The van der Waals surface area contributed by atoms with Crippen molar-refractivity contribution >= 4 is 34.9 Å². The molecule has 1 aromatic heterocycles. The number of pyridine rings is 1. The van der Waals surface area contributed by atoms with E-state index >= 15 is 0 Å². The van der Waals surface area contributed by atoms with Gasteiger partial charge in [0.25, 0.3) is 0 Å². The highest BCUT2D eigenvalue weighted by Gasteiger charge is 2.11. The summed E-state index contributed by atoms with van der Waals surface area (Å²) in [6.45, 7) is 1.94. The number of carboxylic acids is 1. The van der Waals surface area contributed by atoms with Gasteiger partial charge in [-0.2, -0.15) is 0 Å². The second kappa shape index (κ2) is 6.11. The third-order valence-corrected chi connectivity index (χ3v) is 3.36. The quantitative estimate of drug-likeness (QED) is 0.885. The van der Waals surface area contributed by atoms with Crippen molar-refractivity contribution in [1.29, 1.82) is 0 Å². The number of hydrogen-bond acceptors (Lipinski definition) is 3. The van der Waals surface area contributed by atoms with Crippen molar-refractivity contribution < 1.29 is 9.90 Å². The van der Waals surface area contributed by atoms with Crippen LogP contribution in [0.3, 0.4) is 0 Å². The van der Waals surface area contributed by atoms with Crippen LogP contribution >= 0.6 is 23.2 Å². The Bertz CT molecular complexity index is 630. The van der Waals surface area contributed by atoms with Gasteiger partial charge in [0.15, 0.2) is 0 Å². The zero-order valence-corrected chi connectivity index (χ0v) is 12.1. The lowest BCUT2D eigenvalue weighted by Crippen LogP contribution is -2.08. The number of halogens is 2. The average Bonchev–Trinajstić information content (AvgIpc) is 2.39. The molecule has 1 heterocycles. The first-order chi connectivity index (χ1) is 9.47. The SMILES string of the molecule is CC(Nc1ccc(C(=O)O)nc1)c1ccc(Cl)cc1Cl. The molecule has 1 unspecified atom stereocenters. The predicted octanol–water partition coefficient (Wildman–Crippen LogP) is 4.26. The Labute approximate surface area is 126 Å². The molecule has 0 radical (unpaired) electrons. The van der Waals surface area contributed by atoms with E-state index in [2.05, 4.69) is 10.3 Å². The maximum atomic E-state index is 10.7. The van der Waals surface area contributed by atoms with E-state index in [1.807, 2.05) is 13.0 Å². The summed E-state index contributed by atoms with van der Waals surface area (Å²) in [5.74, 6) is -1.05. The van der Waals surface area contributed by atoms with Gasteiger partial charge in [0, 0.05) is 10.0 Å². The van der Waals surface area contributed by atoms with Crippen LogP contribution in [0.5, 0.6) is 0 Å². The first-order valence-electron chi connectivity index (χ1n) is 5.88. The van der Waals surface area contributed by atoms with Crippen molar-refractivity contribution in [1.82, 2.24) is 4.98 Å². The fourth-order valence-corrected chi connectivity index (χ4v) is 2.36. The zero-order chi connectivity index (χ0) is 14.7. The van der Waals surface area contributed by atoms with E-state index in [4.69, 9.17) is 28.3 Å². The summed E-state index contributed by atoms with van der Waals surface area (Å²) in [5.41, 5.74) is 1.62. The van der Waals surface area contributed by atoms with Crippen molar-refractivity contribution in [2.24, 2.45) is 0 Å².